The van der Waals surface area contributed by atoms with Crippen molar-refractivity contribution in [2.24, 2.45) is 0 Å². The molecule has 3 rings (SSSR count). The summed E-state index contributed by atoms with van der Waals surface area (Å²) in [4.78, 5) is 0. The van der Waals surface area contributed by atoms with Crippen molar-refractivity contribution in [3.8, 4) is 0 Å². The van der Waals surface area contributed by atoms with Crippen LogP contribution in [0.1, 0.15) is 49.3 Å². The first-order valence-electron chi connectivity index (χ1n) is 7.17. The van der Waals surface area contributed by atoms with Gasteiger partial charge in [-0.2, -0.15) is 0 Å². The fourth-order valence-electron chi connectivity index (χ4n) is 2.90. The van der Waals surface area contributed by atoms with Gasteiger partial charge in [0.15, 0.2) is 0 Å². The van der Waals surface area contributed by atoms with E-state index in [0.717, 1.165) is 25.0 Å². The summed E-state index contributed by atoms with van der Waals surface area (Å²) in [6.07, 6.45) is 9.15. The molecule has 2 unspecified atom stereocenters. The lowest BCUT2D eigenvalue weighted by Gasteiger charge is -2.26. The predicted octanol–water partition coefficient (Wildman–Crippen LogP) is 3.86. The second-order valence-corrected chi connectivity index (χ2v) is 5.43. The van der Waals surface area contributed by atoms with Gasteiger partial charge in [-0.15, -0.1) is 0 Å². The summed E-state index contributed by atoms with van der Waals surface area (Å²) in [6.45, 7) is 2.25. The average molecular weight is 259 g/mol. The van der Waals surface area contributed by atoms with Crippen LogP contribution in [0, 0.1) is 0 Å². The highest BCUT2D eigenvalue weighted by molar-refractivity contribution is 5.24. The van der Waals surface area contributed by atoms with Crippen molar-refractivity contribution in [2.75, 3.05) is 0 Å². The van der Waals surface area contributed by atoms with Crippen LogP contribution in [0.15, 0.2) is 39.6 Å². The van der Waals surface area contributed by atoms with E-state index in [1.807, 2.05) is 18.4 Å². The molecule has 0 amide bonds. The minimum absolute atomic E-state index is 0.453. The average Bonchev–Trinajstić information content (AvgIpc) is 3.08. The first-order chi connectivity index (χ1) is 9.33. The second kappa shape index (κ2) is 5.66. The Hall–Kier alpha value is -1.48. The van der Waals surface area contributed by atoms with E-state index in [0.29, 0.717) is 12.1 Å². The summed E-state index contributed by atoms with van der Waals surface area (Å²) in [6, 6.07) is 7.05. The highest BCUT2D eigenvalue weighted by Crippen LogP contribution is 2.30. The zero-order valence-corrected chi connectivity index (χ0v) is 11.4. The molecule has 2 atom stereocenters. The van der Waals surface area contributed by atoms with Crippen molar-refractivity contribution in [1.82, 2.24) is 5.32 Å². The highest BCUT2D eigenvalue weighted by atomic mass is 16.3. The normalized spacial score (nSPS) is 20.2. The Kier molecular flexibility index (Phi) is 3.74. The van der Waals surface area contributed by atoms with Crippen molar-refractivity contribution >= 4 is 0 Å². The van der Waals surface area contributed by atoms with Crippen LogP contribution in [0.25, 0.3) is 0 Å². The van der Waals surface area contributed by atoms with Gasteiger partial charge >= 0.3 is 0 Å². The molecule has 1 N–H and O–H groups in total. The molecule has 0 saturated carbocycles. The van der Waals surface area contributed by atoms with Crippen LogP contribution in [0.2, 0.25) is 0 Å². The molecule has 2 aromatic rings. The highest BCUT2D eigenvalue weighted by Gasteiger charge is 2.23. The summed E-state index contributed by atoms with van der Waals surface area (Å²) in [5, 5.41) is 3.72. The molecular weight excluding hydrogens is 238 g/mol. The van der Waals surface area contributed by atoms with E-state index in [2.05, 4.69) is 18.3 Å². The van der Waals surface area contributed by atoms with Crippen LogP contribution in [0.5, 0.6) is 0 Å². The predicted molar refractivity (Wildman–Crippen MR) is 74.0 cm³/mol. The van der Waals surface area contributed by atoms with Crippen molar-refractivity contribution in [2.45, 2.75) is 51.1 Å². The van der Waals surface area contributed by atoms with Gasteiger partial charge in [0.05, 0.1) is 12.5 Å². The monoisotopic (exact) mass is 259 g/mol. The molecule has 0 fully saturated rings. The van der Waals surface area contributed by atoms with E-state index >= 15 is 0 Å². The number of nitrogens with one attached hydrogen (secondary N) is 1. The third-order valence-corrected chi connectivity index (χ3v) is 3.94. The molecule has 19 heavy (non-hydrogen) atoms. The van der Waals surface area contributed by atoms with Gasteiger partial charge in [0.2, 0.25) is 0 Å². The van der Waals surface area contributed by atoms with E-state index < -0.39 is 0 Å². The smallest absolute Gasteiger partial charge is 0.108 e. The molecule has 0 saturated heterocycles. The summed E-state index contributed by atoms with van der Waals surface area (Å²) < 4.78 is 10.9. The van der Waals surface area contributed by atoms with Crippen LogP contribution in [-0.2, 0) is 12.8 Å². The summed E-state index contributed by atoms with van der Waals surface area (Å²) >= 11 is 0. The Morgan fingerprint density at radius 3 is 3.11 bits per heavy atom. The Balaban J connectivity index is 1.54. The first-order valence-corrected chi connectivity index (χ1v) is 7.17. The topological polar surface area (TPSA) is 38.3 Å². The van der Waals surface area contributed by atoms with Crippen molar-refractivity contribution < 1.29 is 8.83 Å². The van der Waals surface area contributed by atoms with E-state index in [-0.39, 0.29) is 0 Å². The molecule has 0 radical (unpaired) electrons. The zero-order chi connectivity index (χ0) is 13.1. The third-order valence-electron chi connectivity index (χ3n) is 3.94. The van der Waals surface area contributed by atoms with Crippen LogP contribution in [0.4, 0.5) is 0 Å². The van der Waals surface area contributed by atoms with Crippen LogP contribution in [0.3, 0.4) is 0 Å². The Morgan fingerprint density at radius 1 is 1.32 bits per heavy atom. The van der Waals surface area contributed by atoms with Gasteiger partial charge in [0, 0.05) is 30.5 Å². The summed E-state index contributed by atoms with van der Waals surface area (Å²) in [7, 11) is 0. The number of hydrogen-bond acceptors (Lipinski definition) is 3. The molecule has 2 heterocycles. The molecule has 2 aromatic heterocycles. The van der Waals surface area contributed by atoms with E-state index in [1.165, 1.54) is 24.2 Å². The standard InChI is InChI=1S/C16H21NO2/c1-12(7-8-13-4-3-10-18-13)17-15-5-2-6-16-14(15)9-11-19-16/h3-4,9-12,15,17H,2,5-8H2,1H3. The van der Waals surface area contributed by atoms with Gasteiger partial charge in [-0.25, -0.2) is 0 Å². The maximum atomic E-state index is 5.53. The van der Waals surface area contributed by atoms with Gasteiger partial charge in [-0.3, -0.25) is 0 Å². The maximum Gasteiger partial charge on any atom is 0.108 e. The molecule has 102 valence electrons. The number of aryl methyl sites for hydroxylation is 2. The summed E-state index contributed by atoms with van der Waals surface area (Å²) in [5.74, 6) is 2.24. The van der Waals surface area contributed by atoms with Crippen molar-refractivity contribution in [3.63, 3.8) is 0 Å². The van der Waals surface area contributed by atoms with Gasteiger partial charge in [-0.05, 0) is 44.4 Å². The Labute approximate surface area is 114 Å². The van der Waals surface area contributed by atoms with E-state index in [9.17, 15) is 0 Å². The number of rotatable bonds is 5. The van der Waals surface area contributed by atoms with Gasteiger partial charge < -0.3 is 14.2 Å². The maximum absolute atomic E-state index is 5.53. The van der Waals surface area contributed by atoms with Crippen LogP contribution < -0.4 is 5.32 Å². The number of fused-ring (bicyclic) bond motifs is 1. The molecule has 0 aliphatic heterocycles. The lowest BCUT2D eigenvalue weighted by Crippen LogP contribution is -2.32. The Bertz CT molecular complexity index is 501. The largest absolute Gasteiger partial charge is 0.469 e. The zero-order valence-electron chi connectivity index (χ0n) is 11.4. The Morgan fingerprint density at radius 2 is 2.26 bits per heavy atom. The molecule has 0 spiro atoms. The van der Waals surface area contributed by atoms with Gasteiger partial charge in [0.25, 0.3) is 0 Å². The fourth-order valence-corrected chi connectivity index (χ4v) is 2.90. The second-order valence-electron chi connectivity index (χ2n) is 5.43. The molecule has 3 heteroatoms. The fraction of sp³-hybridized carbons (Fsp3) is 0.500. The first kappa shape index (κ1) is 12.5. The van der Waals surface area contributed by atoms with Crippen LogP contribution in [-0.4, -0.2) is 6.04 Å². The van der Waals surface area contributed by atoms with E-state index in [1.54, 1.807) is 6.26 Å². The van der Waals surface area contributed by atoms with Crippen LogP contribution >= 0.6 is 0 Å². The third kappa shape index (κ3) is 2.92. The lowest BCUT2D eigenvalue weighted by atomic mass is 9.92. The SMILES string of the molecule is CC(CCc1ccco1)NC1CCCc2occc21. The quantitative estimate of drug-likeness (QED) is 0.886. The number of hydrogen-bond donors (Lipinski definition) is 1. The van der Waals surface area contributed by atoms with E-state index in [4.69, 9.17) is 8.83 Å². The molecule has 1 aliphatic rings. The lowest BCUT2D eigenvalue weighted by molar-refractivity contribution is 0.367. The van der Waals surface area contributed by atoms with Crippen molar-refractivity contribution in [1.29, 1.82) is 0 Å². The molecule has 1 aliphatic carbocycles. The molecule has 3 nitrogen and oxygen atoms in total. The molecular formula is C16H21NO2. The molecule has 0 aromatic carbocycles. The molecule has 0 bridgehead atoms. The number of furan rings is 2. The summed E-state index contributed by atoms with van der Waals surface area (Å²) in [5.41, 5.74) is 1.36. The van der Waals surface area contributed by atoms with Crippen molar-refractivity contribution in [3.05, 3.63) is 47.8 Å². The van der Waals surface area contributed by atoms with Gasteiger partial charge in [0.1, 0.15) is 11.5 Å². The minimum atomic E-state index is 0.453. The van der Waals surface area contributed by atoms with Gasteiger partial charge in [-0.1, -0.05) is 0 Å². The minimum Gasteiger partial charge on any atom is -0.469 e.